The Kier molecular flexibility index (Phi) is 4.73. The van der Waals surface area contributed by atoms with Gasteiger partial charge in [-0.05, 0) is 32.0 Å². The molecule has 0 saturated carbocycles. The Bertz CT molecular complexity index is 1110. The van der Waals surface area contributed by atoms with E-state index in [0.717, 1.165) is 17.7 Å². The number of benzene rings is 2. The summed E-state index contributed by atoms with van der Waals surface area (Å²) in [5.41, 5.74) is 2.53. The highest BCUT2D eigenvalue weighted by molar-refractivity contribution is 5.93. The lowest BCUT2D eigenvalue weighted by Gasteiger charge is -2.14. The fourth-order valence-electron chi connectivity index (χ4n) is 3.42. The summed E-state index contributed by atoms with van der Waals surface area (Å²) in [5, 5.41) is 2.86. The van der Waals surface area contributed by atoms with Gasteiger partial charge in [-0.15, -0.1) is 0 Å². The molecular weight excluding hydrogens is 358 g/mol. The first-order valence-electron chi connectivity index (χ1n) is 9.26. The van der Waals surface area contributed by atoms with E-state index in [0.29, 0.717) is 29.1 Å². The van der Waals surface area contributed by atoms with Crippen LogP contribution in [0.2, 0.25) is 0 Å². The van der Waals surface area contributed by atoms with Gasteiger partial charge in [0.2, 0.25) is 5.91 Å². The predicted molar refractivity (Wildman–Crippen MR) is 106 cm³/mol. The molecule has 28 heavy (non-hydrogen) atoms. The minimum Gasteiger partial charge on any atom is -0.492 e. The molecule has 1 atom stereocenters. The van der Waals surface area contributed by atoms with E-state index in [9.17, 15) is 9.59 Å². The van der Waals surface area contributed by atoms with Crippen molar-refractivity contribution >= 4 is 22.6 Å². The molecule has 7 heteroatoms. The molecule has 0 saturated heterocycles. The van der Waals surface area contributed by atoms with E-state index >= 15 is 0 Å². The van der Waals surface area contributed by atoms with E-state index in [1.54, 1.807) is 18.2 Å². The number of amides is 1. The zero-order valence-corrected chi connectivity index (χ0v) is 15.8. The maximum Gasteiger partial charge on any atom is 0.269 e. The highest BCUT2D eigenvalue weighted by Crippen LogP contribution is 2.38. The fraction of sp³-hybridized carbons (Fsp3) is 0.286. The van der Waals surface area contributed by atoms with Crippen LogP contribution in [0, 0.1) is 0 Å². The Balaban J connectivity index is 1.62. The van der Waals surface area contributed by atoms with Gasteiger partial charge in [-0.3, -0.25) is 14.2 Å². The van der Waals surface area contributed by atoms with Gasteiger partial charge in [0.15, 0.2) is 0 Å². The highest BCUT2D eigenvalue weighted by Gasteiger charge is 2.22. The molecule has 2 aromatic carbocycles. The number of para-hydroxylation sites is 2. The van der Waals surface area contributed by atoms with Crippen molar-refractivity contribution in [2.24, 2.45) is 0 Å². The van der Waals surface area contributed by atoms with Gasteiger partial charge < -0.3 is 14.8 Å². The zero-order chi connectivity index (χ0) is 19.7. The Morgan fingerprint density at radius 1 is 1.36 bits per heavy atom. The number of nitrogens with zero attached hydrogens (tertiary/aromatic N) is 2. The fourth-order valence-corrected chi connectivity index (χ4v) is 3.42. The van der Waals surface area contributed by atoms with Crippen molar-refractivity contribution in [2.45, 2.75) is 32.9 Å². The third kappa shape index (κ3) is 3.43. The average molecular weight is 379 g/mol. The number of aromatic nitrogens is 2. The quantitative estimate of drug-likeness (QED) is 0.737. The largest absolute Gasteiger partial charge is 0.492 e. The first kappa shape index (κ1) is 18.0. The van der Waals surface area contributed by atoms with Gasteiger partial charge >= 0.3 is 0 Å². The van der Waals surface area contributed by atoms with Crippen molar-refractivity contribution in [1.82, 2.24) is 9.55 Å². The van der Waals surface area contributed by atoms with E-state index in [2.05, 4.69) is 10.3 Å². The second kappa shape index (κ2) is 7.34. The van der Waals surface area contributed by atoms with Crippen LogP contribution in [-0.2, 0) is 17.8 Å². The van der Waals surface area contributed by atoms with Gasteiger partial charge in [-0.25, -0.2) is 4.98 Å². The van der Waals surface area contributed by atoms with Gasteiger partial charge in [-0.1, -0.05) is 12.1 Å². The number of carbonyl (C=O) groups excluding carboxylic acids is 1. The summed E-state index contributed by atoms with van der Waals surface area (Å²) in [5.74, 6) is 1.02. The Morgan fingerprint density at radius 2 is 2.18 bits per heavy atom. The third-order valence-electron chi connectivity index (χ3n) is 4.63. The van der Waals surface area contributed by atoms with Crippen LogP contribution < -0.4 is 20.3 Å². The number of carbonyl (C=O) groups is 1. The number of hydrogen-bond acceptors (Lipinski definition) is 5. The molecule has 4 rings (SSSR count). The number of ether oxygens (including phenoxy) is 2. The standard InChI is InChI=1S/C21H21N3O4/c1-3-27-19-9-14-8-13(2)28-18(14)10-16(19)23-20(25)12-24-17-7-5-4-6-15(17)22-11-21(24)26/h4-7,9-11,13H,3,8,12H2,1-2H3,(H,23,25)/t13-/m0/s1. The summed E-state index contributed by atoms with van der Waals surface area (Å²) in [6.45, 7) is 4.24. The van der Waals surface area contributed by atoms with E-state index in [-0.39, 0.29) is 24.1 Å². The molecule has 7 nitrogen and oxygen atoms in total. The van der Waals surface area contributed by atoms with Crippen molar-refractivity contribution < 1.29 is 14.3 Å². The maximum absolute atomic E-state index is 12.7. The Morgan fingerprint density at radius 3 is 3.00 bits per heavy atom. The molecule has 2 heterocycles. The number of anilines is 1. The van der Waals surface area contributed by atoms with Crippen molar-refractivity contribution in [3.8, 4) is 11.5 Å². The Labute approximate surface area is 161 Å². The first-order chi connectivity index (χ1) is 13.5. The van der Waals surface area contributed by atoms with Crippen molar-refractivity contribution in [3.63, 3.8) is 0 Å². The smallest absolute Gasteiger partial charge is 0.269 e. The molecule has 1 aliphatic heterocycles. The molecule has 0 aliphatic carbocycles. The normalized spacial score (nSPS) is 15.1. The summed E-state index contributed by atoms with van der Waals surface area (Å²) in [6, 6.07) is 10.9. The van der Waals surface area contributed by atoms with Gasteiger partial charge in [-0.2, -0.15) is 0 Å². The third-order valence-corrected chi connectivity index (χ3v) is 4.63. The molecule has 0 fully saturated rings. The van der Waals surface area contributed by atoms with Crippen LogP contribution in [0.25, 0.3) is 11.0 Å². The molecule has 3 aromatic rings. The lowest BCUT2D eigenvalue weighted by Crippen LogP contribution is -2.28. The maximum atomic E-state index is 12.7. The van der Waals surface area contributed by atoms with E-state index in [1.165, 1.54) is 10.8 Å². The molecule has 1 amide bonds. The summed E-state index contributed by atoms with van der Waals surface area (Å²) < 4.78 is 12.9. The molecule has 0 spiro atoms. The summed E-state index contributed by atoms with van der Waals surface area (Å²) in [7, 11) is 0. The minimum absolute atomic E-state index is 0.0946. The topological polar surface area (TPSA) is 82.5 Å². The zero-order valence-electron chi connectivity index (χ0n) is 15.8. The van der Waals surface area contributed by atoms with Crippen LogP contribution in [0.1, 0.15) is 19.4 Å². The van der Waals surface area contributed by atoms with Gasteiger partial charge in [0.1, 0.15) is 24.1 Å². The molecule has 1 N–H and O–H groups in total. The van der Waals surface area contributed by atoms with Crippen LogP contribution in [0.5, 0.6) is 11.5 Å². The van der Waals surface area contributed by atoms with E-state index < -0.39 is 0 Å². The monoisotopic (exact) mass is 379 g/mol. The Hall–Kier alpha value is -3.35. The molecule has 0 bridgehead atoms. The second-order valence-electron chi connectivity index (χ2n) is 6.74. The predicted octanol–water partition coefficient (Wildman–Crippen LogP) is 2.76. The SMILES string of the molecule is CCOc1cc2c(cc1NC(=O)Cn1c(=O)cnc3ccccc31)O[C@@H](C)C2. The first-order valence-corrected chi connectivity index (χ1v) is 9.26. The second-order valence-corrected chi connectivity index (χ2v) is 6.74. The van der Waals surface area contributed by atoms with Crippen LogP contribution in [-0.4, -0.2) is 28.2 Å². The average Bonchev–Trinajstić information content (AvgIpc) is 3.03. The number of hydrogen-bond donors (Lipinski definition) is 1. The highest BCUT2D eigenvalue weighted by atomic mass is 16.5. The molecule has 0 unspecified atom stereocenters. The lowest BCUT2D eigenvalue weighted by molar-refractivity contribution is -0.116. The van der Waals surface area contributed by atoms with E-state index in [1.807, 2.05) is 32.0 Å². The summed E-state index contributed by atoms with van der Waals surface area (Å²) in [6.07, 6.45) is 2.13. The molecule has 1 aliphatic rings. The summed E-state index contributed by atoms with van der Waals surface area (Å²) in [4.78, 5) is 29.1. The molecule has 0 radical (unpaired) electrons. The van der Waals surface area contributed by atoms with Crippen molar-refractivity contribution in [3.05, 3.63) is 58.5 Å². The van der Waals surface area contributed by atoms with Gasteiger partial charge in [0.25, 0.3) is 5.56 Å². The number of nitrogens with one attached hydrogen (secondary N) is 1. The minimum atomic E-state index is -0.329. The molecule has 1 aromatic heterocycles. The van der Waals surface area contributed by atoms with Crippen LogP contribution in [0.4, 0.5) is 5.69 Å². The number of rotatable bonds is 5. The van der Waals surface area contributed by atoms with Crippen molar-refractivity contribution in [2.75, 3.05) is 11.9 Å². The van der Waals surface area contributed by atoms with E-state index in [4.69, 9.17) is 9.47 Å². The van der Waals surface area contributed by atoms with Crippen LogP contribution >= 0.6 is 0 Å². The summed E-state index contributed by atoms with van der Waals surface area (Å²) >= 11 is 0. The van der Waals surface area contributed by atoms with Crippen molar-refractivity contribution in [1.29, 1.82) is 0 Å². The van der Waals surface area contributed by atoms with Crippen LogP contribution in [0.3, 0.4) is 0 Å². The van der Waals surface area contributed by atoms with Crippen LogP contribution in [0.15, 0.2) is 47.4 Å². The molecular formula is C21H21N3O4. The lowest BCUT2D eigenvalue weighted by atomic mass is 10.1. The molecule has 144 valence electrons. The van der Waals surface area contributed by atoms with Gasteiger partial charge in [0, 0.05) is 18.1 Å². The van der Waals surface area contributed by atoms with Gasteiger partial charge in [0.05, 0.1) is 29.5 Å². The number of fused-ring (bicyclic) bond motifs is 2.